The van der Waals surface area contributed by atoms with Crippen LogP contribution < -0.4 is 11.3 Å². The highest BCUT2D eigenvalue weighted by Gasteiger charge is 2.12. The molecule has 3 rings (SSSR count). The molecule has 3 heterocycles. The molecule has 6 heteroatoms. The number of hydrazine groups is 1. The number of fused-ring (bicyclic) bond motifs is 1. The van der Waals surface area contributed by atoms with Crippen LogP contribution in [0.2, 0.25) is 0 Å². The van der Waals surface area contributed by atoms with E-state index in [0.29, 0.717) is 0 Å². The van der Waals surface area contributed by atoms with Crippen LogP contribution in [0.25, 0.3) is 4.96 Å². The third-order valence-corrected chi connectivity index (χ3v) is 4.53. The Morgan fingerprint density at radius 2 is 2.28 bits per heavy atom. The number of nitrogens with zero attached hydrogens (tertiary/aromatic N) is 2. The molecule has 0 spiro atoms. The van der Waals surface area contributed by atoms with Crippen molar-refractivity contribution in [2.24, 2.45) is 5.84 Å². The first kappa shape index (κ1) is 11.9. The fourth-order valence-corrected chi connectivity index (χ4v) is 3.49. The first-order chi connectivity index (χ1) is 8.85. The van der Waals surface area contributed by atoms with E-state index < -0.39 is 0 Å². The van der Waals surface area contributed by atoms with Gasteiger partial charge in [0.1, 0.15) is 0 Å². The van der Waals surface area contributed by atoms with E-state index in [1.165, 1.54) is 4.88 Å². The van der Waals surface area contributed by atoms with E-state index in [-0.39, 0.29) is 6.04 Å². The lowest BCUT2D eigenvalue weighted by Gasteiger charge is -2.13. The van der Waals surface area contributed by atoms with Crippen LogP contribution in [-0.2, 0) is 12.8 Å². The van der Waals surface area contributed by atoms with E-state index in [4.69, 9.17) is 5.84 Å². The number of rotatable bonds is 5. The lowest BCUT2D eigenvalue weighted by atomic mass is 10.1. The monoisotopic (exact) mass is 278 g/mol. The topological polar surface area (TPSA) is 55.3 Å². The van der Waals surface area contributed by atoms with Crippen LogP contribution in [0.5, 0.6) is 0 Å². The maximum absolute atomic E-state index is 5.63. The molecule has 0 amide bonds. The summed E-state index contributed by atoms with van der Waals surface area (Å²) in [6, 6.07) is 4.44. The number of imidazole rings is 1. The second kappa shape index (κ2) is 5.19. The molecular formula is C12H14N4S2. The molecule has 3 N–H and O–H groups in total. The largest absolute Gasteiger partial charge is 0.297 e. The molecule has 0 aromatic carbocycles. The second-order valence-electron chi connectivity index (χ2n) is 4.18. The van der Waals surface area contributed by atoms with Gasteiger partial charge in [0.05, 0.1) is 5.69 Å². The van der Waals surface area contributed by atoms with Crippen molar-refractivity contribution < 1.29 is 0 Å². The Kier molecular flexibility index (Phi) is 3.42. The van der Waals surface area contributed by atoms with Crippen LogP contribution in [-0.4, -0.2) is 15.4 Å². The zero-order valence-corrected chi connectivity index (χ0v) is 11.4. The SMILES string of the molecule is NNC(Cc1cn2ccsc2n1)Cc1cccs1. The third kappa shape index (κ3) is 2.46. The van der Waals surface area contributed by atoms with Gasteiger partial charge in [-0.3, -0.25) is 15.7 Å². The van der Waals surface area contributed by atoms with Crippen molar-refractivity contribution in [2.45, 2.75) is 18.9 Å². The third-order valence-electron chi connectivity index (χ3n) is 2.86. The van der Waals surface area contributed by atoms with Gasteiger partial charge in [-0.25, -0.2) is 4.98 Å². The minimum Gasteiger partial charge on any atom is -0.297 e. The van der Waals surface area contributed by atoms with E-state index in [1.807, 2.05) is 11.6 Å². The number of thiazole rings is 1. The van der Waals surface area contributed by atoms with Gasteiger partial charge in [0.25, 0.3) is 0 Å². The maximum Gasteiger partial charge on any atom is 0.193 e. The number of hydrogen-bond donors (Lipinski definition) is 2. The molecule has 3 aromatic heterocycles. The Labute approximate surface area is 113 Å². The summed E-state index contributed by atoms with van der Waals surface area (Å²) in [7, 11) is 0. The molecular weight excluding hydrogens is 264 g/mol. The Hall–Kier alpha value is -1.21. The first-order valence-electron chi connectivity index (χ1n) is 5.75. The van der Waals surface area contributed by atoms with Gasteiger partial charge in [-0.1, -0.05) is 6.07 Å². The summed E-state index contributed by atoms with van der Waals surface area (Å²) >= 11 is 3.42. The smallest absolute Gasteiger partial charge is 0.193 e. The Morgan fingerprint density at radius 1 is 1.33 bits per heavy atom. The molecule has 0 saturated carbocycles. The standard InChI is InChI=1S/C12H14N4S2/c13-15-9(7-11-2-1-4-17-11)6-10-8-16-3-5-18-12(16)14-10/h1-5,8-9,15H,6-7,13H2. The molecule has 3 aromatic rings. The lowest BCUT2D eigenvalue weighted by Crippen LogP contribution is -2.38. The van der Waals surface area contributed by atoms with Crippen molar-refractivity contribution >= 4 is 27.6 Å². The van der Waals surface area contributed by atoms with E-state index >= 15 is 0 Å². The first-order valence-corrected chi connectivity index (χ1v) is 7.50. The fourth-order valence-electron chi connectivity index (χ4n) is 1.99. The molecule has 0 aliphatic carbocycles. The molecule has 1 unspecified atom stereocenters. The Balaban J connectivity index is 1.71. The van der Waals surface area contributed by atoms with Gasteiger partial charge >= 0.3 is 0 Å². The highest BCUT2D eigenvalue weighted by Crippen LogP contribution is 2.15. The summed E-state index contributed by atoms with van der Waals surface area (Å²) in [6.45, 7) is 0. The van der Waals surface area contributed by atoms with Crippen molar-refractivity contribution in [1.82, 2.24) is 14.8 Å². The molecule has 0 fully saturated rings. The second-order valence-corrected chi connectivity index (χ2v) is 6.08. The fraction of sp³-hybridized carbons (Fsp3) is 0.250. The van der Waals surface area contributed by atoms with Gasteiger partial charge in [-0.15, -0.1) is 22.7 Å². The highest BCUT2D eigenvalue weighted by atomic mass is 32.1. The molecule has 0 saturated heterocycles. The van der Waals surface area contributed by atoms with Crippen molar-refractivity contribution in [3.63, 3.8) is 0 Å². The molecule has 0 aliphatic heterocycles. The van der Waals surface area contributed by atoms with Crippen LogP contribution in [0.1, 0.15) is 10.6 Å². The molecule has 18 heavy (non-hydrogen) atoms. The molecule has 4 nitrogen and oxygen atoms in total. The van der Waals surface area contributed by atoms with Gasteiger partial charge in [-0.05, 0) is 17.9 Å². The van der Waals surface area contributed by atoms with Crippen molar-refractivity contribution in [3.05, 3.63) is 45.9 Å². The highest BCUT2D eigenvalue weighted by molar-refractivity contribution is 7.15. The molecule has 0 radical (unpaired) electrons. The predicted molar refractivity (Wildman–Crippen MR) is 75.9 cm³/mol. The average molecular weight is 278 g/mol. The summed E-state index contributed by atoms with van der Waals surface area (Å²) < 4.78 is 2.05. The van der Waals surface area contributed by atoms with Gasteiger partial charge in [0.15, 0.2) is 4.96 Å². The molecule has 1 atom stereocenters. The zero-order chi connectivity index (χ0) is 12.4. The van der Waals surface area contributed by atoms with E-state index in [2.05, 4.69) is 38.5 Å². The minimum absolute atomic E-state index is 0.230. The van der Waals surface area contributed by atoms with E-state index in [0.717, 1.165) is 23.5 Å². The normalized spacial score (nSPS) is 13.2. The number of thiophene rings is 1. The average Bonchev–Trinajstić information content (AvgIpc) is 3.03. The van der Waals surface area contributed by atoms with Crippen molar-refractivity contribution in [1.29, 1.82) is 0 Å². The maximum atomic E-state index is 5.63. The summed E-state index contributed by atoms with van der Waals surface area (Å²) in [5.74, 6) is 5.63. The van der Waals surface area contributed by atoms with Crippen LogP contribution in [0.4, 0.5) is 0 Å². The van der Waals surface area contributed by atoms with Gasteiger partial charge < -0.3 is 0 Å². The molecule has 0 bridgehead atoms. The quantitative estimate of drug-likeness (QED) is 0.555. The number of nitrogens with one attached hydrogen (secondary N) is 1. The van der Waals surface area contributed by atoms with E-state index in [1.54, 1.807) is 22.7 Å². The molecule has 0 aliphatic rings. The van der Waals surface area contributed by atoms with Crippen LogP contribution >= 0.6 is 22.7 Å². The minimum atomic E-state index is 0.230. The van der Waals surface area contributed by atoms with Gasteiger partial charge in [0, 0.05) is 35.1 Å². The Bertz CT molecular complexity index is 582. The molecule has 94 valence electrons. The summed E-state index contributed by atoms with van der Waals surface area (Å²) in [4.78, 5) is 6.96. The number of nitrogens with two attached hydrogens (primary N) is 1. The van der Waals surface area contributed by atoms with Crippen LogP contribution in [0.3, 0.4) is 0 Å². The summed E-state index contributed by atoms with van der Waals surface area (Å²) in [6.07, 6.45) is 5.90. The van der Waals surface area contributed by atoms with Crippen LogP contribution in [0, 0.1) is 0 Å². The van der Waals surface area contributed by atoms with Crippen molar-refractivity contribution in [2.75, 3.05) is 0 Å². The zero-order valence-electron chi connectivity index (χ0n) is 9.74. The predicted octanol–water partition coefficient (Wildman–Crippen LogP) is 2.07. The number of aromatic nitrogens is 2. The van der Waals surface area contributed by atoms with Crippen molar-refractivity contribution in [3.8, 4) is 0 Å². The Morgan fingerprint density at radius 3 is 3.00 bits per heavy atom. The summed E-state index contributed by atoms with van der Waals surface area (Å²) in [5, 5.41) is 4.13. The van der Waals surface area contributed by atoms with Crippen LogP contribution in [0.15, 0.2) is 35.3 Å². The van der Waals surface area contributed by atoms with Gasteiger partial charge in [-0.2, -0.15) is 0 Å². The number of hydrogen-bond acceptors (Lipinski definition) is 5. The lowest BCUT2D eigenvalue weighted by molar-refractivity contribution is 0.521. The van der Waals surface area contributed by atoms with Gasteiger partial charge in [0.2, 0.25) is 0 Å². The summed E-state index contributed by atoms with van der Waals surface area (Å²) in [5.41, 5.74) is 3.97. The van der Waals surface area contributed by atoms with E-state index in [9.17, 15) is 0 Å².